The Hall–Kier alpha value is -2.23. The maximum Gasteiger partial charge on any atom is 0.259 e. The van der Waals surface area contributed by atoms with Crippen LogP contribution in [0.5, 0.6) is 0 Å². The van der Waals surface area contributed by atoms with Crippen molar-refractivity contribution < 1.29 is 4.79 Å². The minimum atomic E-state index is -0.0274. The monoisotopic (exact) mass is 469 g/mol. The van der Waals surface area contributed by atoms with E-state index < -0.39 is 0 Å². The lowest BCUT2D eigenvalue weighted by Gasteiger charge is -2.34. The number of hydrogen-bond acceptors (Lipinski definition) is 7. The third-order valence-corrected chi connectivity index (χ3v) is 8.29. The molecular formula is C23H27N5O2S2. The quantitative estimate of drug-likeness (QED) is 0.598. The number of amides is 1. The second-order valence-electron chi connectivity index (χ2n) is 8.37. The molecule has 0 spiro atoms. The lowest BCUT2D eigenvalue weighted by molar-refractivity contribution is -0.130. The van der Waals surface area contributed by atoms with Crippen LogP contribution in [0.2, 0.25) is 0 Å². The van der Waals surface area contributed by atoms with Crippen LogP contribution >= 0.6 is 23.1 Å². The standard InChI is InChI=1S/C23H27N5O2S2/c29-20(28-11-9-27(10-12-28)13-16-5-3-4-8-24-16)15-31-14-19-25-22(30)21-17-6-1-2-7-18(17)32-23(21)26-19/h3-5,8H,1-2,6-7,9-15H2,(H,25,26,30). The molecule has 4 heterocycles. The number of carbonyl (C=O) groups excluding carboxylic acids is 1. The zero-order chi connectivity index (χ0) is 21.9. The molecule has 0 bridgehead atoms. The predicted octanol–water partition coefficient (Wildman–Crippen LogP) is 2.84. The molecule has 9 heteroatoms. The van der Waals surface area contributed by atoms with Crippen molar-refractivity contribution in [1.82, 2.24) is 24.8 Å². The number of nitrogens with one attached hydrogen (secondary N) is 1. The van der Waals surface area contributed by atoms with Gasteiger partial charge < -0.3 is 9.88 Å². The average molecular weight is 470 g/mol. The van der Waals surface area contributed by atoms with Crippen LogP contribution in [0.1, 0.15) is 34.8 Å². The lowest BCUT2D eigenvalue weighted by Crippen LogP contribution is -2.48. The summed E-state index contributed by atoms with van der Waals surface area (Å²) in [5.74, 6) is 1.77. The third-order valence-electron chi connectivity index (χ3n) is 6.18. The lowest BCUT2D eigenvalue weighted by atomic mass is 9.97. The van der Waals surface area contributed by atoms with E-state index in [1.165, 1.54) is 28.6 Å². The summed E-state index contributed by atoms with van der Waals surface area (Å²) in [5.41, 5.74) is 2.25. The van der Waals surface area contributed by atoms with Gasteiger partial charge in [-0.2, -0.15) is 0 Å². The van der Waals surface area contributed by atoms with E-state index in [1.54, 1.807) is 11.3 Å². The van der Waals surface area contributed by atoms with Gasteiger partial charge in [0.25, 0.3) is 5.56 Å². The fourth-order valence-corrected chi connectivity index (χ4v) is 6.55. The van der Waals surface area contributed by atoms with Gasteiger partial charge in [-0.05, 0) is 43.4 Å². The molecule has 3 aromatic heterocycles. The van der Waals surface area contributed by atoms with Crippen LogP contribution in [-0.4, -0.2) is 62.6 Å². The molecule has 2 aliphatic rings. The van der Waals surface area contributed by atoms with Crippen molar-refractivity contribution in [3.05, 3.63) is 56.7 Å². The van der Waals surface area contributed by atoms with Gasteiger partial charge in [0.15, 0.2) is 0 Å². The van der Waals surface area contributed by atoms with Crippen LogP contribution in [0.3, 0.4) is 0 Å². The fourth-order valence-electron chi connectivity index (χ4n) is 4.48. The molecule has 3 aromatic rings. The second-order valence-corrected chi connectivity index (χ2v) is 10.4. The minimum absolute atomic E-state index is 0.0274. The molecule has 0 atom stereocenters. The number of thioether (sulfide) groups is 1. The fraction of sp³-hybridized carbons (Fsp3) is 0.478. The van der Waals surface area contributed by atoms with Crippen molar-refractivity contribution in [2.45, 2.75) is 38.0 Å². The number of H-pyrrole nitrogens is 1. The zero-order valence-electron chi connectivity index (χ0n) is 18.0. The summed E-state index contributed by atoms with van der Waals surface area (Å²) in [5, 5.41) is 0.790. The molecule has 0 unspecified atom stereocenters. The Kier molecular flexibility index (Phi) is 6.56. The third kappa shape index (κ3) is 4.74. The van der Waals surface area contributed by atoms with Crippen LogP contribution in [0, 0.1) is 0 Å². The summed E-state index contributed by atoms with van der Waals surface area (Å²) in [6.07, 6.45) is 6.20. The molecule has 1 amide bonds. The largest absolute Gasteiger partial charge is 0.339 e. The van der Waals surface area contributed by atoms with Gasteiger partial charge >= 0.3 is 0 Å². The number of nitrogens with zero attached hydrogens (tertiary/aromatic N) is 4. The predicted molar refractivity (Wildman–Crippen MR) is 129 cm³/mol. The summed E-state index contributed by atoms with van der Waals surface area (Å²) in [4.78, 5) is 43.8. The molecule has 7 nitrogen and oxygen atoms in total. The first-order chi connectivity index (χ1) is 15.7. The number of pyridine rings is 1. The molecule has 0 radical (unpaired) electrons. The van der Waals surface area contributed by atoms with Gasteiger partial charge in [0.1, 0.15) is 10.7 Å². The highest BCUT2D eigenvalue weighted by molar-refractivity contribution is 7.99. The smallest absolute Gasteiger partial charge is 0.259 e. The molecule has 1 N–H and O–H groups in total. The van der Waals surface area contributed by atoms with E-state index in [9.17, 15) is 9.59 Å². The molecule has 1 saturated heterocycles. The van der Waals surface area contributed by atoms with E-state index in [2.05, 4.69) is 14.9 Å². The number of fused-ring (bicyclic) bond motifs is 3. The first-order valence-corrected chi connectivity index (χ1v) is 13.2. The van der Waals surface area contributed by atoms with Crippen molar-refractivity contribution in [3.8, 4) is 0 Å². The summed E-state index contributed by atoms with van der Waals surface area (Å²) in [6, 6.07) is 5.97. The highest BCUT2D eigenvalue weighted by atomic mass is 32.2. The van der Waals surface area contributed by atoms with Gasteiger partial charge in [-0.15, -0.1) is 23.1 Å². The van der Waals surface area contributed by atoms with Gasteiger partial charge in [0.05, 0.1) is 22.6 Å². The first kappa shape index (κ1) is 21.6. The maximum atomic E-state index is 12.7. The van der Waals surface area contributed by atoms with Crippen molar-refractivity contribution in [2.75, 3.05) is 31.9 Å². The Balaban J connectivity index is 1.12. The summed E-state index contributed by atoms with van der Waals surface area (Å²) in [6.45, 7) is 4.04. The average Bonchev–Trinajstić information content (AvgIpc) is 3.19. The van der Waals surface area contributed by atoms with Gasteiger partial charge in [0, 0.05) is 43.8 Å². The molecule has 1 aliphatic heterocycles. The molecular weight excluding hydrogens is 442 g/mol. The molecule has 5 rings (SSSR count). The number of hydrogen-bond donors (Lipinski definition) is 1. The van der Waals surface area contributed by atoms with Crippen LogP contribution < -0.4 is 5.56 Å². The molecule has 168 valence electrons. The van der Waals surface area contributed by atoms with E-state index in [0.29, 0.717) is 17.3 Å². The van der Waals surface area contributed by atoms with Gasteiger partial charge in [0.2, 0.25) is 5.91 Å². The number of thiophene rings is 1. The van der Waals surface area contributed by atoms with Crippen molar-refractivity contribution in [2.24, 2.45) is 0 Å². The van der Waals surface area contributed by atoms with E-state index in [0.717, 1.165) is 67.9 Å². The second kappa shape index (κ2) is 9.72. The van der Waals surface area contributed by atoms with Gasteiger partial charge in [-0.1, -0.05) is 6.07 Å². The summed E-state index contributed by atoms with van der Waals surface area (Å²) in [7, 11) is 0. The van der Waals surface area contributed by atoms with Crippen LogP contribution in [0.25, 0.3) is 10.2 Å². The number of carbonyl (C=O) groups is 1. The van der Waals surface area contributed by atoms with E-state index in [1.807, 2.05) is 29.3 Å². The molecule has 1 fully saturated rings. The highest BCUT2D eigenvalue weighted by Crippen LogP contribution is 2.33. The van der Waals surface area contributed by atoms with E-state index in [4.69, 9.17) is 4.98 Å². The number of aromatic amines is 1. The molecule has 0 aromatic carbocycles. The highest BCUT2D eigenvalue weighted by Gasteiger charge is 2.22. The zero-order valence-corrected chi connectivity index (χ0v) is 19.6. The van der Waals surface area contributed by atoms with Crippen molar-refractivity contribution in [1.29, 1.82) is 0 Å². The Labute approximate surface area is 195 Å². The minimum Gasteiger partial charge on any atom is -0.339 e. The Bertz CT molecular complexity index is 1150. The van der Waals surface area contributed by atoms with Crippen molar-refractivity contribution >= 4 is 39.2 Å². The maximum absolute atomic E-state index is 12.7. The summed E-state index contributed by atoms with van der Waals surface area (Å²) < 4.78 is 0. The van der Waals surface area contributed by atoms with Gasteiger partial charge in [-0.3, -0.25) is 19.5 Å². The van der Waals surface area contributed by atoms with Gasteiger partial charge in [-0.25, -0.2) is 4.98 Å². The molecule has 0 saturated carbocycles. The Morgan fingerprint density at radius 2 is 2.00 bits per heavy atom. The number of rotatable bonds is 6. The number of piperazine rings is 1. The number of aryl methyl sites for hydroxylation is 2. The molecule has 1 aliphatic carbocycles. The first-order valence-electron chi connectivity index (χ1n) is 11.2. The Morgan fingerprint density at radius 1 is 1.16 bits per heavy atom. The Morgan fingerprint density at radius 3 is 2.81 bits per heavy atom. The summed E-state index contributed by atoms with van der Waals surface area (Å²) >= 11 is 3.19. The molecule has 32 heavy (non-hydrogen) atoms. The normalized spacial score (nSPS) is 16.9. The van der Waals surface area contributed by atoms with E-state index in [-0.39, 0.29) is 11.5 Å². The van der Waals surface area contributed by atoms with Crippen LogP contribution in [0.4, 0.5) is 0 Å². The number of aromatic nitrogens is 3. The van der Waals surface area contributed by atoms with Crippen molar-refractivity contribution in [3.63, 3.8) is 0 Å². The van der Waals surface area contributed by atoms with E-state index >= 15 is 0 Å². The van der Waals surface area contributed by atoms with Crippen LogP contribution in [-0.2, 0) is 29.9 Å². The SMILES string of the molecule is O=C(CSCc1nc2sc3c(c2c(=O)[nH]1)CCCC3)N1CCN(Cc2ccccn2)CC1. The van der Waals surface area contributed by atoms with Crippen LogP contribution in [0.15, 0.2) is 29.2 Å². The topological polar surface area (TPSA) is 82.2 Å².